The Morgan fingerprint density at radius 2 is 1.54 bits per heavy atom. The van der Waals surface area contributed by atoms with Gasteiger partial charge in [-0.25, -0.2) is 0 Å². The normalized spacial score (nSPS) is 16.6. The summed E-state index contributed by atoms with van der Waals surface area (Å²) in [5.41, 5.74) is 1.87. The predicted molar refractivity (Wildman–Crippen MR) is 103 cm³/mol. The molecule has 26 heavy (non-hydrogen) atoms. The van der Waals surface area contributed by atoms with Crippen molar-refractivity contribution in [1.82, 2.24) is 0 Å². The summed E-state index contributed by atoms with van der Waals surface area (Å²) >= 11 is 0. The zero-order chi connectivity index (χ0) is 18.4. The molecule has 0 N–H and O–H groups in total. The molecule has 4 nitrogen and oxygen atoms in total. The number of rotatable bonds is 3. The molecule has 0 aliphatic heterocycles. The highest BCUT2D eigenvalue weighted by atomic mass is 16.5. The van der Waals surface area contributed by atoms with Gasteiger partial charge in [-0.05, 0) is 24.0 Å². The van der Waals surface area contributed by atoms with Gasteiger partial charge in [0.1, 0.15) is 17.2 Å². The Morgan fingerprint density at radius 1 is 0.846 bits per heavy atom. The average molecular weight is 350 g/mol. The molecule has 0 fully saturated rings. The van der Waals surface area contributed by atoms with Gasteiger partial charge in [-0.1, -0.05) is 31.2 Å². The van der Waals surface area contributed by atoms with Crippen LogP contribution in [0.2, 0.25) is 0 Å². The van der Waals surface area contributed by atoms with Crippen LogP contribution in [-0.2, 0) is 6.42 Å². The van der Waals surface area contributed by atoms with E-state index in [1.165, 1.54) is 0 Å². The van der Waals surface area contributed by atoms with Crippen molar-refractivity contribution >= 4 is 27.3 Å². The van der Waals surface area contributed by atoms with Crippen molar-refractivity contribution < 1.29 is 19.0 Å². The van der Waals surface area contributed by atoms with E-state index in [9.17, 15) is 4.79 Å². The lowest BCUT2D eigenvalue weighted by Gasteiger charge is -2.24. The van der Waals surface area contributed by atoms with E-state index in [1.54, 1.807) is 21.3 Å². The van der Waals surface area contributed by atoms with Gasteiger partial charge in [-0.3, -0.25) is 4.79 Å². The second-order valence-corrected chi connectivity index (χ2v) is 6.91. The maximum atomic E-state index is 12.9. The summed E-state index contributed by atoms with van der Waals surface area (Å²) in [6.45, 7) is 2.12. The molecule has 1 atom stereocenters. The van der Waals surface area contributed by atoms with Crippen molar-refractivity contribution in [3.05, 3.63) is 41.5 Å². The Balaban J connectivity index is 2.25. The summed E-state index contributed by atoms with van der Waals surface area (Å²) in [7, 11) is 4.94. The number of fused-ring (bicyclic) bond motifs is 4. The van der Waals surface area contributed by atoms with Crippen LogP contribution in [0.3, 0.4) is 0 Å². The smallest absolute Gasteiger partial charge is 0.164 e. The van der Waals surface area contributed by atoms with Gasteiger partial charge >= 0.3 is 0 Å². The van der Waals surface area contributed by atoms with E-state index in [-0.39, 0.29) is 5.78 Å². The van der Waals surface area contributed by atoms with E-state index in [4.69, 9.17) is 14.2 Å². The number of ether oxygens (including phenoxy) is 3. The van der Waals surface area contributed by atoms with Crippen molar-refractivity contribution in [2.75, 3.05) is 21.3 Å². The monoisotopic (exact) mass is 350 g/mol. The Labute approximate surface area is 152 Å². The molecule has 1 aliphatic rings. The molecular weight excluding hydrogens is 328 g/mol. The molecule has 3 aromatic carbocycles. The SMILES string of the molecule is COc1cccc2c(OC)c3c4c(ccc3c(OC)c12)C[C@H](C)CC4=O. The number of carbonyl (C=O) groups excluding carboxylic acids is 1. The summed E-state index contributed by atoms with van der Waals surface area (Å²) in [5.74, 6) is 2.67. The van der Waals surface area contributed by atoms with Crippen LogP contribution in [0, 0.1) is 5.92 Å². The number of ketones is 1. The highest BCUT2D eigenvalue weighted by molar-refractivity contribution is 6.20. The fourth-order valence-electron chi connectivity index (χ4n) is 4.24. The van der Waals surface area contributed by atoms with Crippen LogP contribution in [0.25, 0.3) is 21.5 Å². The van der Waals surface area contributed by atoms with Crippen LogP contribution in [0.5, 0.6) is 17.2 Å². The minimum Gasteiger partial charge on any atom is -0.496 e. The van der Waals surface area contributed by atoms with Crippen molar-refractivity contribution in [1.29, 1.82) is 0 Å². The fraction of sp³-hybridized carbons (Fsp3) is 0.318. The van der Waals surface area contributed by atoms with E-state index < -0.39 is 0 Å². The highest BCUT2D eigenvalue weighted by Gasteiger charge is 2.29. The molecule has 4 rings (SSSR count). The third-order valence-corrected chi connectivity index (χ3v) is 5.27. The van der Waals surface area contributed by atoms with Crippen LogP contribution < -0.4 is 14.2 Å². The number of hydrogen-bond acceptors (Lipinski definition) is 4. The van der Waals surface area contributed by atoms with Crippen LogP contribution >= 0.6 is 0 Å². The number of hydrogen-bond donors (Lipinski definition) is 0. The van der Waals surface area contributed by atoms with Gasteiger partial charge in [0.15, 0.2) is 5.78 Å². The van der Waals surface area contributed by atoms with Crippen LogP contribution in [0.1, 0.15) is 29.3 Å². The summed E-state index contributed by atoms with van der Waals surface area (Å²) in [6, 6.07) is 9.89. The molecule has 4 heteroatoms. The van der Waals surface area contributed by atoms with Gasteiger partial charge in [0.05, 0.1) is 26.7 Å². The molecule has 0 amide bonds. The average Bonchev–Trinajstić information content (AvgIpc) is 2.64. The standard InChI is InChI=1S/C22H22O4/c1-12-10-13-8-9-15-20(18(13)16(23)11-12)22(26-4)14-6-5-7-17(24-2)19(14)21(15)25-3/h5-9,12H,10-11H2,1-4H3/t12-/m0/s1. The van der Waals surface area contributed by atoms with Gasteiger partial charge in [-0.2, -0.15) is 0 Å². The van der Waals surface area contributed by atoms with Gasteiger partial charge in [0.2, 0.25) is 0 Å². The van der Waals surface area contributed by atoms with E-state index in [0.717, 1.165) is 44.8 Å². The summed E-state index contributed by atoms with van der Waals surface area (Å²) in [4.78, 5) is 12.9. The molecular formula is C22H22O4. The molecule has 134 valence electrons. The molecule has 0 spiro atoms. The first kappa shape index (κ1) is 16.7. The lowest BCUT2D eigenvalue weighted by atomic mass is 9.80. The zero-order valence-electron chi connectivity index (χ0n) is 15.5. The van der Waals surface area contributed by atoms with Crippen molar-refractivity contribution in [2.24, 2.45) is 5.92 Å². The molecule has 0 saturated carbocycles. The Hall–Kier alpha value is -2.75. The number of Topliss-reactive ketones (excluding diaryl/α,β-unsaturated/α-hetero) is 1. The predicted octanol–water partition coefficient (Wildman–Crippen LogP) is 4.78. The number of methoxy groups -OCH3 is 3. The van der Waals surface area contributed by atoms with Crippen molar-refractivity contribution in [2.45, 2.75) is 19.8 Å². The van der Waals surface area contributed by atoms with Gasteiger partial charge in [0.25, 0.3) is 0 Å². The minimum atomic E-state index is 0.173. The Morgan fingerprint density at radius 3 is 2.23 bits per heavy atom. The summed E-state index contributed by atoms with van der Waals surface area (Å²) in [5, 5.41) is 3.47. The third kappa shape index (κ3) is 2.25. The Bertz CT molecular complexity index is 1040. The highest BCUT2D eigenvalue weighted by Crippen LogP contribution is 2.48. The summed E-state index contributed by atoms with van der Waals surface area (Å²) in [6.07, 6.45) is 1.46. The maximum absolute atomic E-state index is 12.9. The second-order valence-electron chi connectivity index (χ2n) is 6.91. The zero-order valence-corrected chi connectivity index (χ0v) is 15.5. The van der Waals surface area contributed by atoms with E-state index in [2.05, 4.69) is 13.0 Å². The van der Waals surface area contributed by atoms with Crippen LogP contribution in [0.4, 0.5) is 0 Å². The molecule has 0 bridgehead atoms. The first-order valence-electron chi connectivity index (χ1n) is 8.80. The minimum absolute atomic E-state index is 0.173. The molecule has 0 heterocycles. The van der Waals surface area contributed by atoms with Crippen molar-refractivity contribution in [3.63, 3.8) is 0 Å². The van der Waals surface area contributed by atoms with Gasteiger partial charge in [0, 0.05) is 28.1 Å². The maximum Gasteiger partial charge on any atom is 0.164 e. The summed E-state index contributed by atoms with van der Waals surface area (Å²) < 4.78 is 17.2. The number of carbonyl (C=O) groups is 1. The first-order valence-corrected chi connectivity index (χ1v) is 8.80. The lowest BCUT2D eigenvalue weighted by Crippen LogP contribution is -2.18. The van der Waals surface area contributed by atoms with Crippen LogP contribution in [-0.4, -0.2) is 27.1 Å². The molecule has 0 unspecified atom stereocenters. The van der Waals surface area contributed by atoms with Gasteiger partial charge < -0.3 is 14.2 Å². The first-order chi connectivity index (χ1) is 12.6. The van der Waals surface area contributed by atoms with E-state index in [0.29, 0.717) is 23.8 Å². The fourth-order valence-corrected chi connectivity index (χ4v) is 4.24. The quantitative estimate of drug-likeness (QED) is 0.638. The van der Waals surface area contributed by atoms with E-state index >= 15 is 0 Å². The van der Waals surface area contributed by atoms with Crippen LogP contribution in [0.15, 0.2) is 30.3 Å². The lowest BCUT2D eigenvalue weighted by molar-refractivity contribution is 0.0955. The van der Waals surface area contributed by atoms with E-state index in [1.807, 2.05) is 24.3 Å². The topological polar surface area (TPSA) is 44.8 Å². The van der Waals surface area contributed by atoms with Crippen molar-refractivity contribution in [3.8, 4) is 17.2 Å². The molecule has 1 aliphatic carbocycles. The molecule has 0 saturated heterocycles. The molecule has 0 radical (unpaired) electrons. The molecule has 3 aromatic rings. The second kappa shape index (κ2) is 6.20. The number of benzene rings is 3. The third-order valence-electron chi connectivity index (χ3n) is 5.27. The van der Waals surface area contributed by atoms with Gasteiger partial charge in [-0.15, -0.1) is 0 Å². The largest absolute Gasteiger partial charge is 0.496 e. The Kier molecular flexibility index (Phi) is 3.98. The molecule has 0 aromatic heterocycles.